The van der Waals surface area contributed by atoms with Gasteiger partial charge in [-0.1, -0.05) is 29.5 Å². The van der Waals surface area contributed by atoms with Crippen molar-refractivity contribution in [2.45, 2.75) is 18.1 Å². The van der Waals surface area contributed by atoms with E-state index in [9.17, 15) is 13.2 Å². The molecule has 0 atom stereocenters. The molecule has 0 aliphatic heterocycles. The summed E-state index contributed by atoms with van der Waals surface area (Å²) in [6, 6.07) is 7.07. The van der Waals surface area contributed by atoms with Crippen molar-refractivity contribution >= 4 is 38.1 Å². The fraction of sp³-hybridized carbons (Fsp3) is 0.167. The van der Waals surface area contributed by atoms with Crippen LogP contribution in [0.1, 0.15) is 12.5 Å². The van der Waals surface area contributed by atoms with Gasteiger partial charge in [-0.25, -0.2) is 13.4 Å². The summed E-state index contributed by atoms with van der Waals surface area (Å²) in [6.45, 7) is 3.15. The van der Waals surface area contributed by atoms with Gasteiger partial charge in [0.2, 0.25) is 5.91 Å². The maximum atomic E-state index is 12.2. The summed E-state index contributed by atoms with van der Waals surface area (Å²) in [6.07, 6.45) is 1.22. The molecular weight excluding hydrogens is 298 g/mol. The van der Waals surface area contributed by atoms with Gasteiger partial charge in [0.15, 0.2) is 9.34 Å². The average molecular weight is 311 g/mol. The molecule has 1 aromatic carbocycles. The minimum atomic E-state index is -3.70. The van der Waals surface area contributed by atoms with Gasteiger partial charge in [-0.3, -0.25) is 9.52 Å². The molecule has 20 heavy (non-hydrogen) atoms. The summed E-state index contributed by atoms with van der Waals surface area (Å²) < 4.78 is 26.9. The predicted molar refractivity (Wildman–Crippen MR) is 78.4 cm³/mol. The minimum Gasteiger partial charge on any atom is -0.302 e. The molecule has 0 unspecified atom stereocenters. The van der Waals surface area contributed by atoms with Crippen molar-refractivity contribution in [3.8, 4) is 0 Å². The van der Waals surface area contributed by atoms with E-state index < -0.39 is 10.0 Å². The maximum absolute atomic E-state index is 12.2. The molecule has 1 aromatic heterocycles. The van der Waals surface area contributed by atoms with E-state index in [0.29, 0.717) is 5.69 Å². The molecule has 2 rings (SSSR count). The number of para-hydroxylation sites is 1. The van der Waals surface area contributed by atoms with Crippen LogP contribution in [-0.2, 0) is 14.8 Å². The Morgan fingerprint density at radius 2 is 2.00 bits per heavy atom. The number of nitrogens with one attached hydrogen (secondary N) is 2. The standard InChI is InChI=1S/C12H13N3O3S2/c1-8-5-3-4-6-10(8)15-20(17,18)11-7-13-12(19-11)14-9(2)16/h3-7,15H,1-2H3,(H,13,14,16). The van der Waals surface area contributed by atoms with Crippen molar-refractivity contribution < 1.29 is 13.2 Å². The molecule has 6 nitrogen and oxygen atoms in total. The SMILES string of the molecule is CC(=O)Nc1ncc(S(=O)(=O)Nc2ccccc2C)s1. The van der Waals surface area contributed by atoms with Crippen LogP contribution < -0.4 is 10.0 Å². The fourth-order valence-electron chi connectivity index (χ4n) is 1.47. The van der Waals surface area contributed by atoms with Crippen LogP contribution in [0.15, 0.2) is 34.7 Å². The molecule has 0 saturated carbocycles. The topological polar surface area (TPSA) is 88.2 Å². The zero-order valence-corrected chi connectivity index (χ0v) is 12.5. The molecule has 0 aliphatic rings. The minimum absolute atomic E-state index is 0.0458. The highest BCUT2D eigenvalue weighted by atomic mass is 32.2. The van der Waals surface area contributed by atoms with Gasteiger partial charge in [0, 0.05) is 6.92 Å². The maximum Gasteiger partial charge on any atom is 0.273 e. The number of sulfonamides is 1. The average Bonchev–Trinajstić information content (AvgIpc) is 2.80. The van der Waals surface area contributed by atoms with E-state index in [-0.39, 0.29) is 15.2 Å². The molecule has 0 spiro atoms. The number of aryl methyl sites for hydroxylation is 1. The lowest BCUT2D eigenvalue weighted by molar-refractivity contribution is -0.114. The molecule has 1 amide bonds. The van der Waals surface area contributed by atoms with E-state index in [1.807, 2.05) is 19.1 Å². The van der Waals surface area contributed by atoms with Gasteiger partial charge in [-0.15, -0.1) is 0 Å². The summed E-state index contributed by atoms with van der Waals surface area (Å²) in [5.41, 5.74) is 1.34. The summed E-state index contributed by atoms with van der Waals surface area (Å²) in [5.74, 6) is -0.296. The van der Waals surface area contributed by atoms with E-state index in [1.54, 1.807) is 12.1 Å². The summed E-state index contributed by atoms with van der Waals surface area (Å²) in [7, 11) is -3.70. The van der Waals surface area contributed by atoms with Gasteiger partial charge >= 0.3 is 0 Å². The molecule has 8 heteroatoms. The highest BCUT2D eigenvalue weighted by Gasteiger charge is 2.19. The normalized spacial score (nSPS) is 11.1. The second kappa shape index (κ2) is 5.59. The highest BCUT2D eigenvalue weighted by molar-refractivity contribution is 7.94. The smallest absolute Gasteiger partial charge is 0.273 e. The monoisotopic (exact) mass is 311 g/mol. The number of aromatic nitrogens is 1. The van der Waals surface area contributed by atoms with Crippen molar-refractivity contribution in [3.05, 3.63) is 36.0 Å². The Balaban J connectivity index is 2.25. The number of carbonyl (C=O) groups excluding carboxylic acids is 1. The van der Waals surface area contributed by atoms with Crippen molar-refractivity contribution in [1.29, 1.82) is 0 Å². The molecule has 0 radical (unpaired) electrons. The van der Waals surface area contributed by atoms with Crippen LogP contribution in [0.4, 0.5) is 10.8 Å². The third kappa shape index (κ3) is 3.34. The van der Waals surface area contributed by atoms with Crippen molar-refractivity contribution in [2.24, 2.45) is 0 Å². The zero-order valence-electron chi connectivity index (χ0n) is 10.9. The van der Waals surface area contributed by atoms with Gasteiger partial charge in [-0.05, 0) is 18.6 Å². The Morgan fingerprint density at radius 1 is 1.30 bits per heavy atom. The van der Waals surface area contributed by atoms with Crippen LogP contribution in [0, 0.1) is 6.92 Å². The van der Waals surface area contributed by atoms with Gasteiger partial charge in [0.05, 0.1) is 11.9 Å². The Morgan fingerprint density at radius 3 is 2.65 bits per heavy atom. The highest BCUT2D eigenvalue weighted by Crippen LogP contribution is 2.25. The van der Waals surface area contributed by atoms with E-state index in [4.69, 9.17) is 0 Å². The lowest BCUT2D eigenvalue weighted by Crippen LogP contribution is -2.12. The third-order valence-corrected chi connectivity index (χ3v) is 5.16. The van der Waals surface area contributed by atoms with Crippen LogP contribution in [0.5, 0.6) is 0 Å². The Hall–Kier alpha value is -1.93. The number of benzene rings is 1. The molecule has 2 aromatic rings. The van der Waals surface area contributed by atoms with Gasteiger partial charge in [0.1, 0.15) is 0 Å². The first-order chi connectivity index (χ1) is 9.38. The van der Waals surface area contributed by atoms with Gasteiger partial charge in [0.25, 0.3) is 10.0 Å². The van der Waals surface area contributed by atoms with Crippen LogP contribution in [0.3, 0.4) is 0 Å². The van der Waals surface area contributed by atoms with Crippen molar-refractivity contribution in [1.82, 2.24) is 4.98 Å². The van der Waals surface area contributed by atoms with Crippen LogP contribution in [0.2, 0.25) is 0 Å². The molecule has 0 aliphatic carbocycles. The molecular formula is C12H13N3O3S2. The Kier molecular flexibility index (Phi) is 4.05. The number of nitrogens with zero attached hydrogens (tertiary/aromatic N) is 1. The van der Waals surface area contributed by atoms with Crippen molar-refractivity contribution in [2.75, 3.05) is 10.0 Å². The van der Waals surface area contributed by atoms with Crippen LogP contribution in [0.25, 0.3) is 0 Å². The number of thiazole rings is 1. The predicted octanol–water partition coefficient (Wildman–Crippen LogP) is 2.21. The zero-order chi connectivity index (χ0) is 14.8. The summed E-state index contributed by atoms with van der Waals surface area (Å²) in [5, 5.41) is 2.70. The quantitative estimate of drug-likeness (QED) is 0.906. The van der Waals surface area contributed by atoms with E-state index >= 15 is 0 Å². The molecule has 0 bridgehead atoms. The van der Waals surface area contributed by atoms with Gasteiger partial charge < -0.3 is 5.32 Å². The second-order valence-electron chi connectivity index (χ2n) is 4.09. The molecule has 2 N–H and O–H groups in total. The number of hydrogen-bond acceptors (Lipinski definition) is 5. The van der Waals surface area contributed by atoms with E-state index in [0.717, 1.165) is 16.9 Å². The molecule has 0 saturated heterocycles. The third-order valence-electron chi connectivity index (χ3n) is 2.42. The first kappa shape index (κ1) is 14.5. The lowest BCUT2D eigenvalue weighted by atomic mass is 10.2. The number of hydrogen-bond donors (Lipinski definition) is 2. The largest absolute Gasteiger partial charge is 0.302 e. The molecule has 106 valence electrons. The second-order valence-corrected chi connectivity index (χ2v) is 7.03. The first-order valence-electron chi connectivity index (χ1n) is 5.70. The Bertz CT molecular complexity index is 738. The fourth-order valence-corrected chi connectivity index (χ4v) is 3.68. The molecule has 0 fully saturated rings. The number of carbonyl (C=O) groups is 1. The van der Waals surface area contributed by atoms with Crippen LogP contribution in [-0.4, -0.2) is 19.3 Å². The number of rotatable bonds is 4. The Labute approximate surface area is 120 Å². The number of amides is 1. The number of anilines is 2. The van der Waals surface area contributed by atoms with E-state index in [1.165, 1.54) is 13.1 Å². The summed E-state index contributed by atoms with van der Waals surface area (Å²) in [4.78, 5) is 14.8. The summed E-state index contributed by atoms with van der Waals surface area (Å²) >= 11 is 0.900. The molecule has 1 heterocycles. The first-order valence-corrected chi connectivity index (χ1v) is 8.00. The van der Waals surface area contributed by atoms with E-state index in [2.05, 4.69) is 15.0 Å². The van der Waals surface area contributed by atoms with Gasteiger partial charge in [-0.2, -0.15) is 0 Å². The lowest BCUT2D eigenvalue weighted by Gasteiger charge is -2.08. The van der Waals surface area contributed by atoms with Crippen LogP contribution >= 0.6 is 11.3 Å². The van der Waals surface area contributed by atoms with Crippen molar-refractivity contribution in [3.63, 3.8) is 0 Å².